The van der Waals surface area contributed by atoms with Crippen molar-refractivity contribution in [2.45, 2.75) is 25.3 Å². The van der Waals surface area contributed by atoms with Crippen molar-refractivity contribution < 1.29 is 4.74 Å². The van der Waals surface area contributed by atoms with Crippen LogP contribution in [0.4, 0.5) is 0 Å². The Morgan fingerprint density at radius 2 is 2.38 bits per heavy atom. The fraction of sp³-hybridized carbons (Fsp3) is 0.538. The van der Waals surface area contributed by atoms with E-state index in [0.717, 1.165) is 18.8 Å². The average Bonchev–Trinajstić information content (AvgIpc) is 2.59. The molecule has 88 valence electrons. The van der Waals surface area contributed by atoms with Gasteiger partial charge in [-0.25, -0.2) is 0 Å². The Hall–Kier alpha value is -1.06. The molecule has 1 saturated heterocycles. The summed E-state index contributed by atoms with van der Waals surface area (Å²) in [5, 5.41) is 3.35. The molecule has 3 heteroatoms. The highest BCUT2D eigenvalue weighted by molar-refractivity contribution is 5.34. The van der Waals surface area contributed by atoms with Crippen molar-refractivity contribution in [2.24, 2.45) is 5.73 Å². The molecule has 3 N–H and O–H groups in total. The quantitative estimate of drug-likeness (QED) is 0.811. The van der Waals surface area contributed by atoms with E-state index in [-0.39, 0.29) is 5.54 Å². The molecule has 0 amide bonds. The minimum Gasteiger partial charge on any atom is -0.494 e. The van der Waals surface area contributed by atoms with Gasteiger partial charge >= 0.3 is 0 Å². The Morgan fingerprint density at radius 1 is 1.56 bits per heavy atom. The normalized spacial score (nSPS) is 29.3. The fourth-order valence-electron chi connectivity index (χ4n) is 2.33. The molecule has 1 aromatic rings. The summed E-state index contributed by atoms with van der Waals surface area (Å²) in [7, 11) is 0. The monoisotopic (exact) mass is 220 g/mol. The molecule has 0 radical (unpaired) electrons. The predicted octanol–water partition coefficient (Wildman–Crippen LogP) is 1.49. The third kappa shape index (κ3) is 2.20. The van der Waals surface area contributed by atoms with Crippen LogP contribution in [-0.2, 0) is 0 Å². The topological polar surface area (TPSA) is 47.3 Å². The number of rotatable bonds is 3. The molecule has 1 aliphatic heterocycles. The lowest BCUT2D eigenvalue weighted by Gasteiger charge is -2.26. The minimum absolute atomic E-state index is 0.162. The van der Waals surface area contributed by atoms with Gasteiger partial charge in [-0.15, -0.1) is 0 Å². The van der Waals surface area contributed by atoms with Crippen molar-refractivity contribution in [3.8, 4) is 5.75 Å². The molecule has 2 rings (SSSR count). The van der Waals surface area contributed by atoms with Crippen LogP contribution in [0.5, 0.6) is 5.75 Å². The molecular formula is C13H20N2O. The van der Waals surface area contributed by atoms with Crippen molar-refractivity contribution in [2.75, 3.05) is 19.7 Å². The Kier molecular flexibility index (Phi) is 3.17. The van der Waals surface area contributed by atoms with Crippen LogP contribution >= 0.6 is 0 Å². The molecule has 1 fully saturated rings. The van der Waals surface area contributed by atoms with E-state index in [4.69, 9.17) is 10.5 Å². The molecule has 0 spiro atoms. The van der Waals surface area contributed by atoms with Crippen LogP contribution in [0.25, 0.3) is 0 Å². The Labute approximate surface area is 97.0 Å². The Balaban J connectivity index is 2.23. The summed E-state index contributed by atoms with van der Waals surface area (Å²) in [5.41, 5.74) is 7.38. The van der Waals surface area contributed by atoms with Gasteiger partial charge in [-0.1, -0.05) is 12.1 Å². The van der Waals surface area contributed by atoms with Crippen LogP contribution in [-0.4, -0.2) is 25.2 Å². The van der Waals surface area contributed by atoms with Gasteiger partial charge in [-0.05, 0) is 31.5 Å². The largest absolute Gasteiger partial charge is 0.494 e. The van der Waals surface area contributed by atoms with E-state index in [9.17, 15) is 0 Å². The van der Waals surface area contributed by atoms with E-state index in [1.54, 1.807) is 0 Å². The average molecular weight is 220 g/mol. The first-order valence-electron chi connectivity index (χ1n) is 5.86. The van der Waals surface area contributed by atoms with Gasteiger partial charge in [0.2, 0.25) is 0 Å². The summed E-state index contributed by atoms with van der Waals surface area (Å²) < 4.78 is 5.51. The second kappa shape index (κ2) is 4.44. The van der Waals surface area contributed by atoms with Gasteiger partial charge in [-0.3, -0.25) is 0 Å². The van der Waals surface area contributed by atoms with E-state index in [2.05, 4.69) is 24.4 Å². The first kappa shape index (κ1) is 11.4. The van der Waals surface area contributed by atoms with E-state index < -0.39 is 0 Å². The highest BCUT2D eigenvalue weighted by atomic mass is 16.5. The van der Waals surface area contributed by atoms with Crippen LogP contribution in [0.1, 0.15) is 25.3 Å². The molecule has 0 aromatic heterocycles. The van der Waals surface area contributed by atoms with Crippen LogP contribution in [0.2, 0.25) is 0 Å². The molecule has 2 atom stereocenters. The first-order chi connectivity index (χ1) is 7.63. The lowest BCUT2D eigenvalue weighted by atomic mass is 9.84. The van der Waals surface area contributed by atoms with Gasteiger partial charge in [0.15, 0.2) is 0 Å². The van der Waals surface area contributed by atoms with Crippen LogP contribution in [0.3, 0.4) is 0 Å². The Bertz CT molecular complexity index is 363. The van der Waals surface area contributed by atoms with Crippen LogP contribution in [0.15, 0.2) is 24.3 Å². The molecule has 0 bridgehead atoms. The summed E-state index contributed by atoms with van der Waals surface area (Å²) in [6.07, 6.45) is 0. The maximum Gasteiger partial charge on any atom is 0.119 e. The Morgan fingerprint density at radius 3 is 3.00 bits per heavy atom. The minimum atomic E-state index is -0.162. The van der Waals surface area contributed by atoms with Crippen molar-refractivity contribution in [1.29, 1.82) is 0 Å². The van der Waals surface area contributed by atoms with Gasteiger partial charge in [0, 0.05) is 24.5 Å². The molecule has 1 heterocycles. The summed E-state index contributed by atoms with van der Waals surface area (Å²) >= 11 is 0. The van der Waals surface area contributed by atoms with Gasteiger partial charge < -0.3 is 15.8 Å². The maximum atomic E-state index is 6.27. The van der Waals surface area contributed by atoms with Crippen molar-refractivity contribution >= 4 is 0 Å². The zero-order valence-electron chi connectivity index (χ0n) is 9.99. The fourth-order valence-corrected chi connectivity index (χ4v) is 2.33. The molecule has 1 aliphatic rings. The van der Waals surface area contributed by atoms with Crippen LogP contribution < -0.4 is 15.8 Å². The summed E-state index contributed by atoms with van der Waals surface area (Å²) in [6, 6.07) is 8.26. The SMILES string of the molecule is CCOc1cccc([C@H]2CNC[C@]2(C)N)c1. The number of nitrogens with two attached hydrogens (primary N) is 1. The molecule has 0 aliphatic carbocycles. The molecular weight excluding hydrogens is 200 g/mol. The molecule has 3 nitrogen and oxygen atoms in total. The van der Waals surface area contributed by atoms with E-state index in [0.29, 0.717) is 12.5 Å². The number of hydrogen-bond acceptors (Lipinski definition) is 3. The predicted molar refractivity (Wildman–Crippen MR) is 65.8 cm³/mol. The molecule has 0 unspecified atom stereocenters. The smallest absolute Gasteiger partial charge is 0.119 e. The van der Waals surface area contributed by atoms with Gasteiger partial charge in [0.1, 0.15) is 5.75 Å². The van der Waals surface area contributed by atoms with Crippen LogP contribution in [0, 0.1) is 0 Å². The summed E-state index contributed by atoms with van der Waals surface area (Å²) in [4.78, 5) is 0. The van der Waals surface area contributed by atoms with Crippen molar-refractivity contribution in [1.82, 2.24) is 5.32 Å². The highest BCUT2D eigenvalue weighted by Crippen LogP contribution is 2.31. The second-order valence-electron chi connectivity index (χ2n) is 4.69. The number of hydrogen-bond donors (Lipinski definition) is 2. The third-order valence-electron chi connectivity index (χ3n) is 3.22. The zero-order valence-corrected chi connectivity index (χ0v) is 9.99. The summed E-state index contributed by atoms with van der Waals surface area (Å²) in [5.74, 6) is 1.30. The maximum absolute atomic E-state index is 6.27. The molecule has 16 heavy (non-hydrogen) atoms. The van der Waals surface area contributed by atoms with Crippen molar-refractivity contribution in [3.63, 3.8) is 0 Å². The highest BCUT2D eigenvalue weighted by Gasteiger charge is 2.36. The number of benzene rings is 1. The zero-order chi connectivity index (χ0) is 11.6. The lowest BCUT2D eigenvalue weighted by molar-refractivity contribution is 0.339. The third-order valence-corrected chi connectivity index (χ3v) is 3.22. The number of nitrogens with one attached hydrogen (secondary N) is 1. The van der Waals surface area contributed by atoms with Gasteiger partial charge in [-0.2, -0.15) is 0 Å². The van der Waals surface area contributed by atoms with E-state index in [1.807, 2.05) is 19.1 Å². The molecule has 1 aromatic carbocycles. The van der Waals surface area contributed by atoms with Crippen molar-refractivity contribution in [3.05, 3.63) is 29.8 Å². The van der Waals surface area contributed by atoms with Gasteiger partial charge in [0.25, 0.3) is 0 Å². The molecule has 0 saturated carbocycles. The van der Waals surface area contributed by atoms with Gasteiger partial charge in [0.05, 0.1) is 6.61 Å². The van der Waals surface area contributed by atoms with E-state index >= 15 is 0 Å². The lowest BCUT2D eigenvalue weighted by Crippen LogP contribution is -2.42. The second-order valence-corrected chi connectivity index (χ2v) is 4.69. The van der Waals surface area contributed by atoms with E-state index in [1.165, 1.54) is 5.56 Å². The standard InChI is InChI=1S/C13H20N2O/c1-3-16-11-6-4-5-10(7-11)12-8-15-9-13(12,2)14/h4-7,12,15H,3,8-9,14H2,1-2H3/t12-,13+/m1/s1. The number of ether oxygens (including phenoxy) is 1. The summed E-state index contributed by atoms with van der Waals surface area (Å²) in [6.45, 7) is 6.62. The first-order valence-corrected chi connectivity index (χ1v) is 5.86.